The molecule has 1 amide bonds. The highest BCUT2D eigenvalue weighted by molar-refractivity contribution is 5.79. The van der Waals surface area contributed by atoms with Crippen molar-refractivity contribution >= 4 is 5.91 Å². The quantitative estimate of drug-likeness (QED) is 0.801. The Hall–Kier alpha value is -1.39. The van der Waals surface area contributed by atoms with Crippen LogP contribution in [0.5, 0.6) is 0 Å². The maximum Gasteiger partial charge on any atom is 0.224 e. The summed E-state index contributed by atoms with van der Waals surface area (Å²) in [6.07, 6.45) is 0.305. The summed E-state index contributed by atoms with van der Waals surface area (Å²) in [5.74, 6) is 0.0843. The van der Waals surface area contributed by atoms with Gasteiger partial charge in [0, 0.05) is 7.11 Å². The highest BCUT2D eigenvalue weighted by Gasteiger charge is 2.29. The van der Waals surface area contributed by atoms with Gasteiger partial charge in [-0.15, -0.1) is 0 Å². The minimum atomic E-state index is -0.582. The van der Waals surface area contributed by atoms with Gasteiger partial charge in [-0.05, 0) is 24.0 Å². The van der Waals surface area contributed by atoms with E-state index in [1.807, 2.05) is 45.0 Å². The number of carbonyl (C=O) groups excluding carboxylic acids is 1. The van der Waals surface area contributed by atoms with E-state index in [2.05, 4.69) is 5.32 Å². The van der Waals surface area contributed by atoms with Crippen LogP contribution in [0.2, 0.25) is 0 Å². The summed E-state index contributed by atoms with van der Waals surface area (Å²) >= 11 is 0. The van der Waals surface area contributed by atoms with Crippen molar-refractivity contribution in [1.82, 2.24) is 5.32 Å². The van der Waals surface area contributed by atoms with Crippen LogP contribution in [0.15, 0.2) is 24.3 Å². The Kier molecular flexibility index (Phi) is 6.17. The molecule has 0 saturated carbocycles. The summed E-state index contributed by atoms with van der Waals surface area (Å²) in [5.41, 5.74) is 1.41. The van der Waals surface area contributed by atoms with E-state index in [9.17, 15) is 9.90 Å². The number of hydrogen-bond acceptors (Lipinski definition) is 3. The molecule has 4 nitrogen and oxygen atoms in total. The lowest BCUT2D eigenvalue weighted by Gasteiger charge is -2.32. The van der Waals surface area contributed by atoms with E-state index in [1.165, 1.54) is 0 Å². The van der Waals surface area contributed by atoms with E-state index in [-0.39, 0.29) is 18.4 Å². The van der Waals surface area contributed by atoms with Gasteiger partial charge in [-0.25, -0.2) is 0 Å². The van der Waals surface area contributed by atoms with Gasteiger partial charge >= 0.3 is 0 Å². The first-order valence-electron chi connectivity index (χ1n) is 6.90. The van der Waals surface area contributed by atoms with Gasteiger partial charge in [-0.3, -0.25) is 4.79 Å². The van der Waals surface area contributed by atoms with Crippen molar-refractivity contribution in [3.8, 4) is 0 Å². The Labute approximate surface area is 121 Å². The normalized spacial score (nSPS) is 14.1. The fourth-order valence-electron chi connectivity index (χ4n) is 1.91. The molecule has 0 aliphatic carbocycles. The van der Waals surface area contributed by atoms with Gasteiger partial charge in [0.05, 0.1) is 25.2 Å². The number of amides is 1. The molecule has 0 fully saturated rings. The molecule has 0 aliphatic heterocycles. The zero-order valence-corrected chi connectivity index (χ0v) is 12.8. The zero-order chi connectivity index (χ0) is 15.2. The van der Waals surface area contributed by atoms with E-state index >= 15 is 0 Å². The SMILES string of the molecule is COCc1cccc(CC(=O)NC(C)(CO)C(C)C)c1. The third kappa shape index (κ3) is 4.62. The number of benzene rings is 1. The Morgan fingerprint density at radius 1 is 1.40 bits per heavy atom. The smallest absolute Gasteiger partial charge is 0.224 e. The molecule has 1 aromatic rings. The van der Waals surface area contributed by atoms with Crippen LogP contribution in [0, 0.1) is 5.92 Å². The van der Waals surface area contributed by atoms with Crippen molar-refractivity contribution < 1.29 is 14.6 Å². The van der Waals surface area contributed by atoms with Gasteiger partial charge in [0.25, 0.3) is 0 Å². The number of aliphatic hydroxyl groups is 1. The topological polar surface area (TPSA) is 58.6 Å². The molecule has 1 atom stereocenters. The van der Waals surface area contributed by atoms with Crippen LogP contribution >= 0.6 is 0 Å². The minimum absolute atomic E-state index is 0.0693. The van der Waals surface area contributed by atoms with Gasteiger partial charge in [0.15, 0.2) is 0 Å². The van der Waals surface area contributed by atoms with Crippen molar-refractivity contribution in [1.29, 1.82) is 0 Å². The predicted octanol–water partition coefficient (Wildman–Crippen LogP) is 1.90. The number of ether oxygens (including phenoxy) is 1. The van der Waals surface area contributed by atoms with Gasteiger partial charge in [-0.1, -0.05) is 38.1 Å². The molecule has 4 heteroatoms. The van der Waals surface area contributed by atoms with Crippen LogP contribution in [0.3, 0.4) is 0 Å². The molecule has 2 N–H and O–H groups in total. The van der Waals surface area contributed by atoms with Crippen LogP contribution in [-0.2, 0) is 22.6 Å². The molecule has 0 aromatic heterocycles. The summed E-state index contributed by atoms with van der Waals surface area (Å²) in [5, 5.41) is 12.4. The summed E-state index contributed by atoms with van der Waals surface area (Å²) < 4.78 is 5.08. The number of nitrogens with one attached hydrogen (secondary N) is 1. The zero-order valence-electron chi connectivity index (χ0n) is 12.8. The van der Waals surface area contributed by atoms with Crippen LogP contribution in [-0.4, -0.2) is 30.3 Å². The van der Waals surface area contributed by atoms with E-state index in [1.54, 1.807) is 7.11 Å². The van der Waals surface area contributed by atoms with E-state index in [0.29, 0.717) is 13.0 Å². The average Bonchev–Trinajstić information content (AvgIpc) is 2.39. The maximum absolute atomic E-state index is 12.1. The molecule has 0 bridgehead atoms. The Balaban J connectivity index is 2.68. The number of rotatable bonds is 7. The van der Waals surface area contributed by atoms with Gasteiger partial charge in [0.2, 0.25) is 5.91 Å². The number of methoxy groups -OCH3 is 1. The Bertz CT molecular complexity index is 445. The second kappa shape index (κ2) is 7.41. The highest BCUT2D eigenvalue weighted by Crippen LogP contribution is 2.16. The second-order valence-corrected chi connectivity index (χ2v) is 5.71. The Morgan fingerprint density at radius 2 is 2.05 bits per heavy atom. The summed E-state index contributed by atoms with van der Waals surface area (Å²) in [4.78, 5) is 12.1. The van der Waals surface area contributed by atoms with E-state index < -0.39 is 5.54 Å². The minimum Gasteiger partial charge on any atom is -0.394 e. The first-order valence-corrected chi connectivity index (χ1v) is 6.90. The van der Waals surface area contributed by atoms with Crippen LogP contribution in [0.1, 0.15) is 31.9 Å². The van der Waals surface area contributed by atoms with Crippen LogP contribution in [0.25, 0.3) is 0 Å². The van der Waals surface area contributed by atoms with Crippen molar-refractivity contribution in [2.45, 2.75) is 39.3 Å². The molecule has 0 radical (unpaired) electrons. The van der Waals surface area contributed by atoms with Crippen molar-refractivity contribution in [3.63, 3.8) is 0 Å². The molecule has 0 heterocycles. The van der Waals surface area contributed by atoms with E-state index in [0.717, 1.165) is 11.1 Å². The molecule has 1 unspecified atom stereocenters. The molecular formula is C16H25NO3. The van der Waals surface area contributed by atoms with E-state index in [4.69, 9.17) is 4.74 Å². The summed E-state index contributed by atoms with van der Waals surface area (Å²) in [6.45, 7) is 6.29. The van der Waals surface area contributed by atoms with Crippen molar-refractivity contribution in [2.24, 2.45) is 5.92 Å². The molecule has 1 aromatic carbocycles. The fraction of sp³-hybridized carbons (Fsp3) is 0.562. The molecule has 0 aliphatic rings. The lowest BCUT2D eigenvalue weighted by molar-refractivity contribution is -0.123. The lowest BCUT2D eigenvalue weighted by Crippen LogP contribution is -2.53. The Morgan fingerprint density at radius 3 is 2.60 bits per heavy atom. The van der Waals surface area contributed by atoms with Gasteiger partial charge < -0.3 is 15.2 Å². The first-order chi connectivity index (χ1) is 9.41. The van der Waals surface area contributed by atoms with Gasteiger partial charge in [-0.2, -0.15) is 0 Å². The molecular weight excluding hydrogens is 254 g/mol. The molecule has 0 spiro atoms. The fourth-order valence-corrected chi connectivity index (χ4v) is 1.91. The van der Waals surface area contributed by atoms with Crippen molar-refractivity contribution in [2.75, 3.05) is 13.7 Å². The molecule has 0 saturated heterocycles. The summed E-state index contributed by atoms with van der Waals surface area (Å²) in [7, 11) is 1.65. The van der Waals surface area contributed by atoms with Gasteiger partial charge in [0.1, 0.15) is 0 Å². The van der Waals surface area contributed by atoms with Crippen LogP contribution in [0.4, 0.5) is 0 Å². The number of hydrogen-bond donors (Lipinski definition) is 2. The molecule has 20 heavy (non-hydrogen) atoms. The largest absolute Gasteiger partial charge is 0.394 e. The predicted molar refractivity (Wildman–Crippen MR) is 79.3 cm³/mol. The number of carbonyl (C=O) groups is 1. The van der Waals surface area contributed by atoms with Crippen LogP contribution < -0.4 is 5.32 Å². The standard InChI is InChI=1S/C16H25NO3/c1-12(2)16(3,11-18)17-15(19)9-13-6-5-7-14(8-13)10-20-4/h5-8,12,18H,9-11H2,1-4H3,(H,17,19). The maximum atomic E-state index is 12.1. The third-order valence-electron chi connectivity index (χ3n) is 3.69. The lowest BCUT2D eigenvalue weighted by atomic mass is 9.89. The average molecular weight is 279 g/mol. The second-order valence-electron chi connectivity index (χ2n) is 5.71. The first kappa shape index (κ1) is 16.7. The summed E-state index contributed by atoms with van der Waals surface area (Å²) in [6, 6.07) is 7.78. The monoisotopic (exact) mass is 279 g/mol. The third-order valence-corrected chi connectivity index (χ3v) is 3.69. The van der Waals surface area contributed by atoms with Crippen molar-refractivity contribution in [3.05, 3.63) is 35.4 Å². The molecule has 1 rings (SSSR count). The number of aliphatic hydroxyl groups excluding tert-OH is 1. The molecule has 112 valence electrons. The highest BCUT2D eigenvalue weighted by atomic mass is 16.5.